The highest BCUT2D eigenvalue weighted by molar-refractivity contribution is 7.71. The van der Waals surface area contributed by atoms with Crippen LogP contribution in [0.15, 0.2) is 85.5 Å². The molecular formula is C30H24N8OS. The fourth-order valence-corrected chi connectivity index (χ4v) is 5.18. The highest BCUT2D eigenvalue weighted by Gasteiger charge is 2.23. The molecule has 40 heavy (non-hydrogen) atoms. The zero-order valence-electron chi connectivity index (χ0n) is 21.7. The second kappa shape index (κ2) is 10.1. The Morgan fingerprint density at radius 2 is 1.93 bits per heavy atom. The lowest BCUT2D eigenvalue weighted by Gasteiger charge is -2.22. The summed E-state index contributed by atoms with van der Waals surface area (Å²) in [5.41, 5.74) is 10.0. The van der Waals surface area contributed by atoms with Crippen LogP contribution in [0.1, 0.15) is 40.1 Å². The number of aryl methyl sites for hydroxylation is 1. The molecule has 9 nitrogen and oxygen atoms in total. The molecule has 0 saturated carbocycles. The summed E-state index contributed by atoms with van der Waals surface area (Å²) in [5, 5.41) is 13.3. The van der Waals surface area contributed by atoms with E-state index in [4.69, 9.17) is 18.0 Å². The number of fused-ring (bicyclic) bond motifs is 2. The van der Waals surface area contributed by atoms with Crippen LogP contribution < -0.4 is 11.1 Å². The summed E-state index contributed by atoms with van der Waals surface area (Å²) in [6, 6.07) is 19.1. The van der Waals surface area contributed by atoms with Gasteiger partial charge in [-0.1, -0.05) is 54.4 Å². The Morgan fingerprint density at radius 1 is 1.10 bits per heavy atom. The third-order valence-electron chi connectivity index (χ3n) is 6.58. The summed E-state index contributed by atoms with van der Waals surface area (Å²) < 4.78 is 5.78. The first-order chi connectivity index (χ1) is 19.4. The van der Waals surface area contributed by atoms with Crippen LogP contribution in [-0.2, 0) is 7.05 Å². The quantitative estimate of drug-likeness (QED) is 0.248. The number of nitrogens with one attached hydrogen (secondary N) is 1. The molecular weight excluding hydrogens is 520 g/mol. The molecule has 0 bridgehead atoms. The van der Waals surface area contributed by atoms with Gasteiger partial charge in [0.05, 0.1) is 17.8 Å². The highest BCUT2D eigenvalue weighted by Crippen LogP contribution is 2.29. The van der Waals surface area contributed by atoms with Crippen molar-refractivity contribution in [2.24, 2.45) is 7.05 Å². The molecule has 0 aliphatic rings. The molecule has 0 saturated heterocycles. The number of hydrogen-bond acceptors (Lipinski definition) is 6. The van der Waals surface area contributed by atoms with E-state index in [1.165, 1.54) is 4.52 Å². The zero-order chi connectivity index (χ0) is 27.8. The molecule has 196 valence electrons. The highest BCUT2D eigenvalue weighted by atomic mass is 32.1. The standard InChI is InChI=1S/C30H24N8OS/c1-19(34-29(39)26-27(31)35-37-15-7-14-32-28(26)37)24-16-22-9-6-8-21(13-12-20-17-33-36(2)18-20)25(22)30(40)38(24)23-10-4-3-5-11-23/h3-11,14-19H,1-2H3,(H2,31,35)(H,34,39)/t19-/m1/s1. The van der Waals surface area contributed by atoms with Gasteiger partial charge >= 0.3 is 0 Å². The molecule has 0 aliphatic carbocycles. The molecule has 0 aliphatic heterocycles. The average molecular weight is 545 g/mol. The van der Waals surface area contributed by atoms with E-state index in [0.717, 1.165) is 33.3 Å². The first-order valence-corrected chi connectivity index (χ1v) is 13.0. The van der Waals surface area contributed by atoms with Crippen molar-refractivity contribution in [1.29, 1.82) is 0 Å². The molecule has 2 aromatic carbocycles. The van der Waals surface area contributed by atoms with Crippen LogP contribution in [0.3, 0.4) is 0 Å². The zero-order valence-corrected chi connectivity index (χ0v) is 22.6. The Labute approximate surface area is 234 Å². The number of carbonyl (C=O) groups excluding carboxylic acids is 1. The molecule has 0 radical (unpaired) electrons. The van der Waals surface area contributed by atoms with Crippen molar-refractivity contribution in [1.82, 2.24) is 34.3 Å². The van der Waals surface area contributed by atoms with Crippen LogP contribution in [0, 0.1) is 16.5 Å². The minimum Gasteiger partial charge on any atom is -0.381 e. The van der Waals surface area contributed by atoms with Gasteiger partial charge in [0.2, 0.25) is 0 Å². The molecule has 1 amide bonds. The largest absolute Gasteiger partial charge is 0.381 e. The number of amides is 1. The van der Waals surface area contributed by atoms with E-state index >= 15 is 0 Å². The van der Waals surface area contributed by atoms with Gasteiger partial charge in [-0.2, -0.15) is 5.10 Å². The minimum absolute atomic E-state index is 0.110. The van der Waals surface area contributed by atoms with E-state index in [-0.39, 0.29) is 17.3 Å². The maximum Gasteiger partial charge on any atom is 0.259 e. The number of benzene rings is 2. The van der Waals surface area contributed by atoms with Gasteiger partial charge in [-0.25, -0.2) is 9.50 Å². The van der Waals surface area contributed by atoms with Gasteiger partial charge in [-0.3, -0.25) is 9.48 Å². The number of aromatic nitrogens is 6. The molecule has 3 N–H and O–H groups in total. The van der Waals surface area contributed by atoms with Crippen molar-refractivity contribution >= 4 is 40.4 Å². The molecule has 6 rings (SSSR count). The monoisotopic (exact) mass is 544 g/mol. The summed E-state index contributed by atoms with van der Waals surface area (Å²) in [5.74, 6) is 6.20. The molecule has 0 unspecified atom stereocenters. The third kappa shape index (κ3) is 4.48. The topological polar surface area (TPSA) is 108 Å². The van der Waals surface area contributed by atoms with Gasteiger partial charge in [-0.05, 0) is 42.6 Å². The predicted molar refractivity (Wildman–Crippen MR) is 157 cm³/mol. The summed E-state index contributed by atoms with van der Waals surface area (Å²) in [6.45, 7) is 1.91. The lowest BCUT2D eigenvalue weighted by Crippen LogP contribution is -2.29. The Bertz CT molecular complexity index is 2030. The lowest BCUT2D eigenvalue weighted by molar-refractivity contribution is 0.0941. The number of hydrogen-bond donors (Lipinski definition) is 2. The third-order valence-corrected chi connectivity index (χ3v) is 6.96. The van der Waals surface area contributed by atoms with Crippen LogP contribution in [0.5, 0.6) is 0 Å². The fraction of sp³-hybridized carbons (Fsp3) is 0.100. The number of rotatable bonds is 4. The number of carbonyl (C=O) groups is 1. The van der Waals surface area contributed by atoms with E-state index in [2.05, 4.69) is 32.3 Å². The second-order valence-corrected chi connectivity index (χ2v) is 9.70. The van der Waals surface area contributed by atoms with Crippen LogP contribution >= 0.6 is 12.2 Å². The normalized spacial score (nSPS) is 11.8. The number of nitrogens with zero attached hydrogens (tertiary/aromatic N) is 6. The van der Waals surface area contributed by atoms with Crippen molar-refractivity contribution in [2.75, 3.05) is 5.73 Å². The maximum absolute atomic E-state index is 13.5. The minimum atomic E-state index is -0.443. The van der Waals surface area contributed by atoms with Gasteiger partial charge < -0.3 is 15.6 Å². The Morgan fingerprint density at radius 3 is 2.70 bits per heavy atom. The summed E-state index contributed by atoms with van der Waals surface area (Å²) >= 11 is 6.10. The Kier molecular flexibility index (Phi) is 6.34. The van der Waals surface area contributed by atoms with Crippen LogP contribution in [-0.4, -0.2) is 34.9 Å². The number of nitrogens with two attached hydrogens (primary N) is 1. The summed E-state index contributed by atoms with van der Waals surface area (Å²) in [7, 11) is 1.86. The Hall–Kier alpha value is -5.27. The smallest absolute Gasteiger partial charge is 0.259 e. The van der Waals surface area contributed by atoms with E-state index < -0.39 is 6.04 Å². The fourth-order valence-electron chi connectivity index (χ4n) is 4.74. The van der Waals surface area contributed by atoms with Crippen molar-refractivity contribution in [2.45, 2.75) is 13.0 Å². The van der Waals surface area contributed by atoms with E-state index in [1.54, 1.807) is 29.3 Å². The number of anilines is 1. The summed E-state index contributed by atoms with van der Waals surface area (Å²) in [4.78, 5) is 17.7. The SMILES string of the molecule is C[C@@H](NC(=O)c1c(N)nn2cccnc12)c1cc2cccc(C#Cc3cnn(C)c3)c2c(=S)n1-c1ccccc1. The van der Waals surface area contributed by atoms with Gasteiger partial charge in [-0.15, -0.1) is 5.10 Å². The summed E-state index contributed by atoms with van der Waals surface area (Å²) in [6.07, 6.45) is 6.89. The van der Waals surface area contributed by atoms with E-state index in [0.29, 0.717) is 10.3 Å². The first-order valence-electron chi connectivity index (χ1n) is 12.5. The molecule has 6 aromatic rings. The van der Waals surface area contributed by atoms with E-state index in [1.807, 2.05) is 79.3 Å². The number of pyridine rings is 1. The van der Waals surface area contributed by atoms with Crippen LogP contribution in [0.2, 0.25) is 0 Å². The maximum atomic E-state index is 13.5. The van der Waals surface area contributed by atoms with Gasteiger partial charge in [0.25, 0.3) is 5.91 Å². The molecule has 0 fully saturated rings. The molecule has 10 heteroatoms. The molecule has 1 atom stereocenters. The van der Waals surface area contributed by atoms with Gasteiger partial charge in [0, 0.05) is 48.0 Å². The second-order valence-electron chi connectivity index (χ2n) is 9.31. The van der Waals surface area contributed by atoms with Gasteiger partial charge in [0.15, 0.2) is 11.5 Å². The van der Waals surface area contributed by atoms with E-state index in [9.17, 15) is 4.79 Å². The molecule has 0 spiro atoms. The van der Waals surface area contributed by atoms with Gasteiger partial charge in [0.1, 0.15) is 10.2 Å². The van der Waals surface area contributed by atoms with Crippen LogP contribution in [0.25, 0.3) is 22.1 Å². The van der Waals surface area contributed by atoms with Crippen molar-refractivity contribution < 1.29 is 4.79 Å². The first kappa shape index (κ1) is 25.0. The van der Waals surface area contributed by atoms with Crippen molar-refractivity contribution in [3.63, 3.8) is 0 Å². The lowest BCUT2D eigenvalue weighted by atomic mass is 10.0. The molecule has 4 aromatic heterocycles. The Balaban J connectivity index is 1.48. The predicted octanol–water partition coefficient (Wildman–Crippen LogP) is 4.61. The number of para-hydroxylation sites is 1. The van der Waals surface area contributed by atoms with Crippen molar-refractivity contribution in [3.05, 3.63) is 112 Å². The van der Waals surface area contributed by atoms with Crippen LogP contribution in [0.4, 0.5) is 5.82 Å². The number of nitrogen functional groups attached to an aromatic ring is 1. The molecule has 4 heterocycles. The van der Waals surface area contributed by atoms with Crippen molar-refractivity contribution in [3.8, 4) is 17.5 Å². The average Bonchev–Trinajstić information content (AvgIpc) is 3.53.